The molecule has 2 rings (SSSR count). The zero-order chi connectivity index (χ0) is 13.0. The average Bonchev–Trinajstić information content (AvgIpc) is 2.97. The summed E-state index contributed by atoms with van der Waals surface area (Å²) in [6, 6.07) is -0.229. The lowest BCUT2D eigenvalue weighted by atomic mass is 9.85. The minimum absolute atomic E-state index is 0.0360. The highest BCUT2D eigenvalue weighted by molar-refractivity contribution is 5.83. The van der Waals surface area contributed by atoms with Gasteiger partial charge in [-0.3, -0.25) is 9.48 Å². The largest absolute Gasteiger partial charge is 0.379 e. The van der Waals surface area contributed by atoms with Gasteiger partial charge in [0.25, 0.3) is 0 Å². The maximum atomic E-state index is 12.0. The molecule has 2 atom stereocenters. The minimum Gasteiger partial charge on any atom is -0.379 e. The third-order valence-corrected chi connectivity index (χ3v) is 3.36. The van der Waals surface area contributed by atoms with Gasteiger partial charge in [-0.05, 0) is 13.3 Å². The average molecular weight is 253 g/mol. The number of aryl methyl sites for hydroxylation is 1. The Morgan fingerprint density at radius 2 is 2.56 bits per heavy atom. The second-order valence-electron chi connectivity index (χ2n) is 4.81. The Morgan fingerprint density at radius 3 is 3.17 bits per heavy atom. The van der Waals surface area contributed by atoms with Crippen LogP contribution in [0, 0.1) is 5.41 Å². The number of nitrogens with two attached hydrogens (primary N) is 1. The molecule has 0 aromatic carbocycles. The van der Waals surface area contributed by atoms with E-state index in [1.54, 1.807) is 17.1 Å². The predicted molar refractivity (Wildman–Crippen MR) is 64.6 cm³/mol. The molecule has 1 aromatic heterocycles. The van der Waals surface area contributed by atoms with Crippen molar-refractivity contribution in [3.05, 3.63) is 12.4 Å². The number of hydrogen-bond donors (Lipinski definition) is 2. The number of carbonyl (C=O) groups is 1. The second-order valence-corrected chi connectivity index (χ2v) is 4.81. The lowest BCUT2D eigenvalue weighted by Crippen LogP contribution is -2.50. The fraction of sp³-hybridized carbons (Fsp3) is 0.727. The molecule has 0 spiro atoms. The van der Waals surface area contributed by atoms with E-state index in [-0.39, 0.29) is 11.9 Å². The number of carbonyl (C=O) groups excluding carboxylic acids is 1. The van der Waals surface area contributed by atoms with E-state index in [0.29, 0.717) is 19.8 Å². The zero-order valence-electron chi connectivity index (χ0n) is 10.5. The summed E-state index contributed by atoms with van der Waals surface area (Å²) in [5.74, 6) is -0.0360. The Hall–Kier alpha value is -1.47. The molecule has 1 saturated heterocycles. The highest BCUT2D eigenvalue weighted by atomic mass is 16.5. The third kappa shape index (κ3) is 2.68. The Morgan fingerprint density at radius 1 is 1.72 bits per heavy atom. The standard InChI is InChI=1S/C11H19N5O2/c1-11(8-18-7-9(11)12)10(17)13-3-2-5-16-6-4-14-15-16/h4,6,9H,2-3,5,7-8,12H2,1H3,(H,13,17). The van der Waals surface area contributed by atoms with Gasteiger partial charge in [-0.2, -0.15) is 0 Å². The molecule has 1 amide bonds. The molecule has 2 unspecified atom stereocenters. The molecule has 1 fully saturated rings. The summed E-state index contributed by atoms with van der Waals surface area (Å²) in [4.78, 5) is 12.0. The van der Waals surface area contributed by atoms with Crippen LogP contribution in [0.1, 0.15) is 13.3 Å². The quantitative estimate of drug-likeness (QED) is 0.666. The fourth-order valence-corrected chi connectivity index (χ4v) is 1.92. The molecule has 3 N–H and O–H groups in total. The summed E-state index contributed by atoms with van der Waals surface area (Å²) in [5, 5.41) is 10.5. The molecule has 0 saturated carbocycles. The van der Waals surface area contributed by atoms with Crippen LogP contribution in [0.2, 0.25) is 0 Å². The highest BCUT2D eigenvalue weighted by Crippen LogP contribution is 2.26. The molecule has 0 aliphatic carbocycles. The van der Waals surface area contributed by atoms with Crippen molar-refractivity contribution in [3.63, 3.8) is 0 Å². The molecular weight excluding hydrogens is 234 g/mol. The topological polar surface area (TPSA) is 95.1 Å². The molecule has 1 aliphatic heterocycles. The molecule has 0 bridgehead atoms. The van der Waals surface area contributed by atoms with E-state index in [0.717, 1.165) is 13.0 Å². The van der Waals surface area contributed by atoms with E-state index in [2.05, 4.69) is 15.6 Å². The summed E-state index contributed by atoms with van der Waals surface area (Å²) in [5.41, 5.74) is 5.28. The van der Waals surface area contributed by atoms with Crippen LogP contribution in [0.25, 0.3) is 0 Å². The van der Waals surface area contributed by atoms with Crippen molar-refractivity contribution in [1.29, 1.82) is 0 Å². The van der Waals surface area contributed by atoms with Gasteiger partial charge < -0.3 is 15.8 Å². The highest BCUT2D eigenvalue weighted by Gasteiger charge is 2.44. The third-order valence-electron chi connectivity index (χ3n) is 3.36. The van der Waals surface area contributed by atoms with Gasteiger partial charge in [-0.15, -0.1) is 5.10 Å². The van der Waals surface area contributed by atoms with Crippen molar-refractivity contribution < 1.29 is 9.53 Å². The van der Waals surface area contributed by atoms with Crippen molar-refractivity contribution in [2.75, 3.05) is 19.8 Å². The Labute approximate surface area is 106 Å². The smallest absolute Gasteiger partial charge is 0.229 e. The molecule has 18 heavy (non-hydrogen) atoms. The summed E-state index contributed by atoms with van der Waals surface area (Å²) < 4.78 is 6.98. The van der Waals surface area contributed by atoms with Crippen LogP contribution >= 0.6 is 0 Å². The van der Waals surface area contributed by atoms with E-state index >= 15 is 0 Å². The summed E-state index contributed by atoms with van der Waals surface area (Å²) >= 11 is 0. The van der Waals surface area contributed by atoms with Crippen LogP contribution in [0.3, 0.4) is 0 Å². The normalized spacial score (nSPS) is 27.3. The fourth-order valence-electron chi connectivity index (χ4n) is 1.92. The minimum atomic E-state index is -0.604. The monoisotopic (exact) mass is 253 g/mol. The van der Waals surface area contributed by atoms with Crippen LogP contribution in [0.5, 0.6) is 0 Å². The number of rotatable bonds is 5. The summed E-state index contributed by atoms with van der Waals surface area (Å²) in [6.45, 7) is 4.02. The van der Waals surface area contributed by atoms with Gasteiger partial charge in [0.2, 0.25) is 5.91 Å². The number of aromatic nitrogens is 3. The van der Waals surface area contributed by atoms with E-state index in [1.165, 1.54) is 0 Å². The number of hydrogen-bond acceptors (Lipinski definition) is 5. The van der Waals surface area contributed by atoms with Gasteiger partial charge in [0.05, 0.1) is 24.8 Å². The van der Waals surface area contributed by atoms with Crippen LogP contribution < -0.4 is 11.1 Å². The first-order valence-corrected chi connectivity index (χ1v) is 6.08. The first-order valence-electron chi connectivity index (χ1n) is 6.08. The molecule has 1 aliphatic rings. The molecule has 7 heteroatoms. The van der Waals surface area contributed by atoms with E-state index in [4.69, 9.17) is 10.5 Å². The van der Waals surface area contributed by atoms with Crippen LogP contribution in [0.15, 0.2) is 12.4 Å². The lowest BCUT2D eigenvalue weighted by molar-refractivity contribution is -0.130. The number of nitrogens with one attached hydrogen (secondary N) is 1. The number of ether oxygens (including phenoxy) is 1. The first-order chi connectivity index (χ1) is 8.63. The molecule has 2 heterocycles. The van der Waals surface area contributed by atoms with Gasteiger partial charge in [-0.1, -0.05) is 5.21 Å². The zero-order valence-corrected chi connectivity index (χ0v) is 10.5. The maximum Gasteiger partial charge on any atom is 0.229 e. The van der Waals surface area contributed by atoms with Gasteiger partial charge in [0.15, 0.2) is 0 Å². The lowest BCUT2D eigenvalue weighted by Gasteiger charge is -2.25. The van der Waals surface area contributed by atoms with Crippen molar-refractivity contribution in [3.8, 4) is 0 Å². The second kappa shape index (κ2) is 5.45. The molecule has 1 aromatic rings. The molecular formula is C11H19N5O2. The van der Waals surface area contributed by atoms with E-state index < -0.39 is 5.41 Å². The molecule has 0 radical (unpaired) electrons. The molecule has 7 nitrogen and oxygen atoms in total. The summed E-state index contributed by atoms with van der Waals surface area (Å²) in [6.07, 6.45) is 4.24. The van der Waals surface area contributed by atoms with Crippen LogP contribution in [-0.4, -0.2) is 46.7 Å². The first kappa shape index (κ1) is 13.0. The number of amides is 1. The van der Waals surface area contributed by atoms with Crippen LogP contribution in [-0.2, 0) is 16.1 Å². The van der Waals surface area contributed by atoms with Crippen LogP contribution in [0.4, 0.5) is 0 Å². The SMILES string of the molecule is CC1(C(=O)NCCCn2ccnn2)COCC1N. The van der Waals surface area contributed by atoms with Gasteiger partial charge in [0.1, 0.15) is 0 Å². The Kier molecular flexibility index (Phi) is 3.93. The van der Waals surface area contributed by atoms with Crippen molar-refractivity contribution in [2.24, 2.45) is 11.1 Å². The predicted octanol–water partition coefficient (Wildman–Crippen LogP) is -0.852. The Bertz CT molecular complexity index is 394. The maximum absolute atomic E-state index is 12.0. The van der Waals surface area contributed by atoms with Gasteiger partial charge in [-0.25, -0.2) is 0 Å². The van der Waals surface area contributed by atoms with Crippen molar-refractivity contribution in [1.82, 2.24) is 20.3 Å². The summed E-state index contributed by atoms with van der Waals surface area (Å²) in [7, 11) is 0. The van der Waals surface area contributed by atoms with Crippen molar-refractivity contribution in [2.45, 2.75) is 25.9 Å². The molecule has 100 valence electrons. The number of nitrogens with zero attached hydrogens (tertiary/aromatic N) is 3. The van der Waals surface area contributed by atoms with Crippen molar-refractivity contribution >= 4 is 5.91 Å². The van der Waals surface area contributed by atoms with E-state index in [9.17, 15) is 4.79 Å². The van der Waals surface area contributed by atoms with E-state index in [1.807, 2.05) is 6.92 Å². The Balaban J connectivity index is 1.72. The van der Waals surface area contributed by atoms with Gasteiger partial charge in [0, 0.05) is 25.3 Å². The van der Waals surface area contributed by atoms with Gasteiger partial charge >= 0.3 is 0 Å².